The summed E-state index contributed by atoms with van der Waals surface area (Å²) in [5.41, 5.74) is 1.60. The van der Waals surface area contributed by atoms with Crippen LogP contribution in [0.1, 0.15) is 33.6 Å². The smallest absolute Gasteiger partial charge is 0.247 e. The highest BCUT2D eigenvalue weighted by atomic mass is 16.2. The molecule has 0 bridgehead atoms. The Kier molecular flexibility index (Phi) is 4.79. The van der Waals surface area contributed by atoms with Gasteiger partial charge in [-0.05, 0) is 38.8 Å². The van der Waals surface area contributed by atoms with Crippen LogP contribution in [0, 0.1) is 5.92 Å². The van der Waals surface area contributed by atoms with Crippen LogP contribution in [0.25, 0.3) is 0 Å². The summed E-state index contributed by atoms with van der Waals surface area (Å²) in [7, 11) is 0. The topological polar surface area (TPSA) is 60.9 Å². The van der Waals surface area contributed by atoms with Gasteiger partial charge in [-0.15, -0.1) is 0 Å². The first-order chi connectivity index (χ1) is 11.9. The molecule has 0 N–H and O–H groups in total. The third-order valence-electron chi connectivity index (χ3n) is 5.07. The minimum atomic E-state index is -0.137. The van der Waals surface area contributed by atoms with E-state index in [9.17, 15) is 14.4 Å². The summed E-state index contributed by atoms with van der Waals surface area (Å²) in [5.74, 6) is -0.144. The molecular formula is C19H25N3O3. The van der Waals surface area contributed by atoms with E-state index in [0.717, 1.165) is 11.4 Å². The molecule has 3 rings (SSSR count). The molecule has 25 heavy (non-hydrogen) atoms. The zero-order valence-electron chi connectivity index (χ0n) is 15.1. The Hall–Kier alpha value is -2.37. The lowest BCUT2D eigenvalue weighted by atomic mass is 9.94. The molecular weight excluding hydrogens is 318 g/mol. The van der Waals surface area contributed by atoms with E-state index in [1.54, 1.807) is 21.6 Å². The second-order valence-electron chi connectivity index (χ2n) is 7.05. The summed E-state index contributed by atoms with van der Waals surface area (Å²) >= 11 is 0. The van der Waals surface area contributed by atoms with Gasteiger partial charge in [-0.1, -0.05) is 12.1 Å². The van der Waals surface area contributed by atoms with Gasteiger partial charge in [0.15, 0.2) is 0 Å². The summed E-state index contributed by atoms with van der Waals surface area (Å²) < 4.78 is 0. The summed E-state index contributed by atoms with van der Waals surface area (Å²) in [6, 6.07) is 7.63. The van der Waals surface area contributed by atoms with Gasteiger partial charge >= 0.3 is 0 Å². The first-order valence-corrected chi connectivity index (χ1v) is 8.88. The molecule has 6 nitrogen and oxygen atoms in total. The number of anilines is 2. The van der Waals surface area contributed by atoms with E-state index in [0.29, 0.717) is 25.9 Å². The SMILES string of the molecule is CC(=O)N1CCC(C(=O)N2CC(=O)N(C(C)C)c3ccccc32)CC1. The lowest BCUT2D eigenvalue weighted by Gasteiger charge is -2.40. The van der Waals surface area contributed by atoms with Gasteiger partial charge in [0.1, 0.15) is 6.54 Å². The maximum Gasteiger partial charge on any atom is 0.247 e. The molecule has 0 atom stereocenters. The molecule has 0 radical (unpaired) electrons. The van der Waals surface area contributed by atoms with Crippen LogP contribution in [0.5, 0.6) is 0 Å². The maximum absolute atomic E-state index is 13.1. The fourth-order valence-electron chi connectivity index (χ4n) is 3.75. The van der Waals surface area contributed by atoms with E-state index < -0.39 is 0 Å². The van der Waals surface area contributed by atoms with Crippen LogP contribution >= 0.6 is 0 Å². The number of carbonyl (C=O) groups is 3. The summed E-state index contributed by atoms with van der Waals surface area (Å²) in [6.07, 6.45) is 1.30. The van der Waals surface area contributed by atoms with Crippen LogP contribution in [0.4, 0.5) is 11.4 Å². The zero-order valence-corrected chi connectivity index (χ0v) is 15.1. The van der Waals surface area contributed by atoms with Gasteiger partial charge in [-0.3, -0.25) is 14.4 Å². The molecule has 6 heteroatoms. The van der Waals surface area contributed by atoms with Gasteiger partial charge in [0.05, 0.1) is 11.4 Å². The number of para-hydroxylation sites is 2. The van der Waals surface area contributed by atoms with Crippen molar-refractivity contribution in [2.75, 3.05) is 29.4 Å². The molecule has 0 saturated carbocycles. The third-order valence-corrected chi connectivity index (χ3v) is 5.07. The van der Waals surface area contributed by atoms with Crippen molar-refractivity contribution in [3.8, 4) is 0 Å². The standard InChI is InChI=1S/C19H25N3O3/c1-13(2)22-17-7-5-4-6-16(17)21(12-18(22)24)19(25)15-8-10-20(11-9-15)14(3)23/h4-7,13,15H,8-12H2,1-3H3. The number of amides is 3. The van der Waals surface area contributed by atoms with Crippen molar-refractivity contribution in [3.63, 3.8) is 0 Å². The molecule has 2 aliphatic rings. The number of benzene rings is 1. The van der Waals surface area contributed by atoms with Crippen molar-refractivity contribution in [1.29, 1.82) is 0 Å². The third kappa shape index (κ3) is 3.25. The highest BCUT2D eigenvalue weighted by Gasteiger charge is 2.37. The van der Waals surface area contributed by atoms with Crippen molar-refractivity contribution >= 4 is 29.1 Å². The normalized spacial score (nSPS) is 18.6. The van der Waals surface area contributed by atoms with Crippen LogP contribution in [0.15, 0.2) is 24.3 Å². The summed E-state index contributed by atoms with van der Waals surface area (Å²) in [4.78, 5) is 42.3. The Morgan fingerprint density at radius 1 is 1.08 bits per heavy atom. The second kappa shape index (κ2) is 6.86. The molecule has 0 aromatic heterocycles. The van der Waals surface area contributed by atoms with Gasteiger partial charge in [0.2, 0.25) is 17.7 Å². The largest absolute Gasteiger partial charge is 0.343 e. The quantitative estimate of drug-likeness (QED) is 0.825. The molecule has 2 heterocycles. The van der Waals surface area contributed by atoms with Gasteiger partial charge in [0, 0.05) is 32.0 Å². The number of hydrogen-bond acceptors (Lipinski definition) is 3. The number of likely N-dealkylation sites (tertiary alicyclic amines) is 1. The zero-order chi connectivity index (χ0) is 18.1. The lowest BCUT2D eigenvalue weighted by Crippen LogP contribution is -2.53. The van der Waals surface area contributed by atoms with Crippen molar-refractivity contribution in [2.45, 2.75) is 39.7 Å². The number of piperidine rings is 1. The second-order valence-corrected chi connectivity index (χ2v) is 7.05. The van der Waals surface area contributed by atoms with Gasteiger partial charge in [-0.2, -0.15) is 0 Å². The van der Waals surface area contributed by atoms with Crippen LogP contribution in [-0.2, 0) is 14.4 Å². The van der Waals surface area contributed by atoms with Crippen LogP contribution in [0.3, 0.4) is 0 Å². The summed E-state index contributed by atoms with van der Waals surface area (Å²) in [6.45, 7) is 6.80. The fourth-order valence-corrected chi connectivity index (χ4v) is 3.75. The number of nitrogens with zero attached hydrogens (tertiary/aromatic N) is 3. The van der Waals surface area contributed by atoms with E-state index in [-0.39, 0.29) is 36.2 Å². The Balaban J connectivity index is 1.83. The molecule has 0 unspecified atom stereocenters. The predicted molar refractivity (Wildman–Crippen MR) is 96.4 cm³/mol. The van der Waals surface area contributed by atoms with E-state index in [1.807, 2.05) is 38.1 Å². The first kappa shape index (κ1) is 17.5. The predicted octanol–water partition coefficient (Wildman–Crippen LogP) is 2.03. The molecule has 2 aliphatic heterocycles. The Morgan fingerprint density at radius 2 is 1.68 bits per heavy atom. The fraction of sp³-hybridized carbons (Fsp3) is 0.526. The lowest BCUT2D eigenvalue weighted by molar-refractivity contribution is -0.133. The maximum atomic E-state index is 13.1. The molecule has 0 aliphatic carbocycles. The van der Waals surface area contributed by atoms with Crippen LogP contribution < -0.4 is 9.80 Å². The molecule has 134 valence electrons. The minimum Gasteiger partial charge on any atom is -0.343 e. The Morgan fingerprint density at radius 3 is 2.24 bits per heavy atom. The average molecular weight is 343 g/mol. The Labute approximate surface area is 148 Å². The van der Waals surface area contributed by atoms with Crippen molar-refractivity contribution in [3.05, 3.63) is 24.3 Å². The number of hydrogen-bond donors (Lipinski definition) is 0. The van der Waals surface area contributed by atoms with E-state index in [2.05, 4.69) is 0 Å². The number of fused-ring (bicyclic) bond motifs is 1. The van der Waals surface area contributed by atoms with E-state index >= 15 is 0 Å². The molecule has 1 saturated heterocycles. The number of rotatable bonds is 2. The van der Waals surface area contributed by atoms with Crippen LogP contribution in [-0.4, -0.2) is 48.3 Å². The number of carbonyl (C=O) groups excluding carboxylic acids is 3. The minimum absolute atomic E-state index is 0.00703. The van der Waals surface area contributed by atoms with Crippen molar-refractivity contribution in [1.82, 2.24) is 4.90 Å². The highest BCUT2D eigenvalue weighted by molar-refractivity contribution is 6.11. The van der Waals surface area contributed by atoms with Crippen molar-refractivity contribution < 1.29 is 14.4 Å². The first-order valence-electron chi connectivity index (χ1n) is 8.88. The molecule has 0 spiro atoms. The van der Waals surface area contributed by atoms with E-state index in [4.69, 9.17) is 0 Å². The van der Waals surface area contributed by atoms with Crippen molar-refractivity contribution in [2.24, 2.45) is 5.92 Å². The Bertz CT molecular complexity index is 693. The van der Waals surface area contributed by atoms with Gasteiger partial charge in [0.25, 0.3) is 0 Å². The monoisotopic (exact) mass is 343 g/mol. The highest BCUT2D eigenvalue weighted by Crippen LogP contribution is 2.36. The molecule has 1 fully saturated rings. The van der Waals surface area contributed by atoms with Crippen LogP contribution in [0.2, 0.25) is 0 Å². The molecule has 3 amide bonds. The van der Waals surface area contributed by atoms with Gasteiger partial charge in [-0.25, -0.2) is 0 Å². The molecule has 1 aromatic carbocycles. The average Bonchev–Trinajstić information content (AvgIpc) is 2.60. The van der Waals surface area contributed by atoms with Gasteiger partial charge < -0.3 is 14.7 Å². The summed E-state index contributed by atoms with van der Waals surface area (Å²) in [5, 5.41) is 0. The van der Waals surface area contributed by atoms with E-state index in [1.165, 1.54) is 0 Å². The molecule has 1 aromatic rings.